The van der Waals surface area contributed by atoms with Crippen LogP contribution in [0.25, 0.3) is 0 Å². The van der Waals surface area contributed by atoms with Crippen molar-refractivity contribution in [1.82, 2.24) is 10.2 Å². The summed E-state index contributed by atoms with van der Waals surface area (Å²) in [5.74, 6) is 0. The molecule has 1 heterocycles. The summed E-state index contributed by atoms with van der Waals surface area (Å²) in [5, 5.41) is 12.7. The zero-order valence-corrected chi connectivity index (χ0v) is 13.6. The maximum absolute atomic E-state index is 9.30. The van der Waals surface area contributed by atoms with Gasteiger partial charge in [0.1, 0.15) is 5.54 Å². The molecular formula is C16H31N3O. The maximum atomic E-state index is 9.30. The Labute approximate surface area is 124 Å². The van der Waals surface area contributed by atoms with Crippen LogP contribution in [0, 0.1) is 11.3 Å². The number of rotatable bonds is 8. The maximum Gasteiger partial charge on any atom is 0.103 e. The lowest BCUT2D eigenvalue weighted by Gasteiger charge is -2.37. The lowest BCUT2D eigenvalue weighted by atomic mass is 9.96. The second kappa shape index (κ2) is 8.61. The van der Waals surface area contributed by atoms with Gasteiger partial charge in [-0.2, -0.15) is 5.26 Å². The van der Waals surface area contributed by atoms with Gasteiger partial charge in [0.15, 0.2) is 0 Å². The van der Waals surface area contributed by atoms with Crippen LogP contribution in [0.2, 0.25) is 0 Å². The quantitative estimate of drug-likeness (QED) is 0.695. The first-order valence-electron chi connectivity index (χ1n) is 8.02. The van der Waals surface area contributed by atoms with Gasteiger partial charge in [0.2, 0.25) is 0 Å². The Balaban J connectivity index is 2.24. The number of hydrogen-bond donors (Lipinski definition) is 1. The minimum absolute atomic E-state index is 0.349. The summed E-state index contributed by atoms with van der Waals surface area (Å²) in [6, 6.07) is 2.94. The SMILES string of the molecule is CCCNC(C)(C#N)CCCCN1CC(C)OCC1C. The van der Waals surface area contributed by atoms with Crippen LogP contribution in [-0.4, -0.2) is 48.8 Å². The molecule has 1 saturated heterocycles. The summed E-state index contributed by atoms with van der Waals surface area (Å²) < 4.78 is 5.65. The highest BCUT2D eigenvalue weighted by Crippen LogP contribution is 2.16. The molecule has 1 rings (SSSR count). The molecule has 4 nitrogen and oxygen atoms in total. The van der Waals surface area contributed by atoms with Gasteiger partial charge in [0.05, 0.1) is 18.8 Å². The van der Waals surface area contributed by atoms with Crippen LogP contribution in [0.15, 0.2) is 0 Å². The minimum Gasteiger partial charge on any atom is -0.376 e. The van der Waals surface area contributed by atoms with Gasteiger partial charge >= 0.3 is 0 Å². The number of nitrogens with one attached hydrogen (secondary N) is 1. The molecule has 3 atom stereocenters. The largest absolute Gasteiger partial charge is 0.376 e. The number of ether oxygens (including phenoxy) is 1. The molecule has 1 fully saturated rings. The molecule has 3 unspecified atom stereocenters. The molecule has 0 aromatic rings. The predicted molar refractivity (Wildman–Crippen MR) is 82.6 cm³/mol. The van der Waals surface area contributed by atoms with E-state index >= 15 is 0 Å². The average Bonchev–Trinajstić information content (AvgIpc) is 2.45. The fraction of sp³-hybridized carbons (Fsp3) is 0.938. The molecule has 0 bridgehead atoms. The molecule has 1 N–H and O–H groups in total. The number of morpholine rings is 1. The molecule has 0 saturated carbocycles. The molecule has 0 spiro atoms. The zero-order chi connectivity index (χ0) is 15.0. The number of nitrogens with zero attached hydrogens (tertiary/aromatic N) is 2. The first-order chi connectivity index (χ1) is 9.50. The Hall–Kier alpha value is -0.630. The van der Waals surface area contributed by atoms with Crippen molar-refractivity contribution in [3.05, 3.63) is 0 Å². The van der Waals surface area contributed by atoms with E-state index in [2.05, 4.69) is 37.1 Å². The summed E-state index contributed by atoms with van der Waals surface area (Å²) in [6.45, 7) is 12.4. The third kappa shape index (κ3) is 5.78. The van der Waals surface area contributed by atoms with Gasteiger partial charge in [-0.25, -0.2) is 0 Å². The van der Waals surface area contributed by atoms with E-state index in [0.29, 0.717) is 12.1 Å². The topological polar surface area (TPSA) is 48.3 Å². The lowest BCUT2D eigenvalue weighted by Crippen LogP contribution is -2.47. The Morgan fingerprint density at radius 2 is 2.15 bits per heavy atom. The van der Waals surface area contributed by atoms with Crippen LogP contribution in [0.1, 0.15) is 53.4 Å². The zero-order valence-electron chi connectivity index (χ0n) is 13.6. The van der Waals surface area contributed by atoms with E-state index in [1.807, 2.05) is 6.92 Å². The van der Waals surface area contributed by atoms with Crippen molar-refractivity contribution in [2.75, 3.05) is 26.2 Å². The van der Waals surface area contributed by atoms with Crippen molar-refractivity contribution < 1.29 is 4.74 Å². The molecule has 1 aliphatic rings. The molecule has 116 valence electrons. The van der Waals surface area contributed by atoms with Crippen molar-refractivity contribution in [2.24, 2.45) is 0 Å². The molecule has 0 amide bonds. The lowest BCUT2D eigenvalue weighted by molar-refractivity contribution is -0.0497. The summed E-state index contributed by atoms with van der Waals surface area (Å²) in [6.07, 6.45) is 4.60. The molecule has 0 aromatic carbocycles. The van der Waals surface area contributed by atoms with Crippen LogP contribution < -0.4 is 5.32 Å². The normalized spacial score (nSPS) is 26.9. The smallest absolute Gasteiger partial charge is 0.103 e. The van der Waals surface area contributed by atoms with Crippen LogP contribution in [-0.2, 0) is 4.74 Å². The molecule has 1 aliphatic heterocycles. The number of hydrogen-bond acceptors (Lipinski definition) is 4. The van der Waals surface area contributed by atoms with E-state index in [1.165, 1.54) is 0 Å². The Bertz CT molecular complexity index is 315. The van der Waals surface area contributed by atoms with Crippen LogP contribution >= 0.6 is 0 Å². The molecule has 0 aromatic heterocycles. The first kappa shape index (κ1) is 17.4. The Kier molecular flexibility index (Phi) is 7.50. The second-order valence-corrected chi connectivity index (χ2v) is 6.32. The van der Waals surface area contributed by atoms with Gasteiger partial charge < -0.3 is 4.74 Å². The van der Waals surface area contributed by atoms with E-state index in [0.717, 1.165) is 51.9 Å². The van der Waals surface area contributed by atoms with E-state index in [-0.39, 0.29) is 5.54 Å². The minimum atomic E-state index is -0.361. The summed E-state index contributed by atoms with van der Waals surface area (Å²) in [7, 11) is 0. The summed E-state index contributed by atoms with van der Waals surface area (Å²) in [4.78, 5) is 2.51. The molecule has 4 heteroatoms. The average molecular weight is 281 g/mol. The Morgan fingerprint density at radius 1 is 1.40 bits per heavy atom. The van der Waals surface area contributed by atoms with Crippen molar-refractivity contribution in [2.45, 2.75) is 71.1 Å². The highest BCUT2D eigenvalue weighted by molar-refractivity contribution is 5.03. The van der Waals surface area contributed by atoms with Gasteiger partial charge in [0.25, 0.3) is 0 Å². The van der Waals surface area contributed by atoms with Gasteiger partial charge in [-0.15, -0.1) is 0 Å². The van der Waals surface area contributed by atoms with E-state index in [1.54, 1.807) is 0 Å². The predicted octanol–water partition coefficient (Wildman–Crippen LogP) is 2.55. The van der Waals surface area contributed by atoms with Gasteiger partial charge in [-0.05, 0) is 59.5 Å². The van der Waals surface area contributed by atoms with E-state index in [4.69, 9.17) is 4.74 Å². The Morgan fingerprint density at radius 3 is 2.80 bits per heavy atom. The monoisotopic (exact) mass is 281 g/mol. The number of nitriles is 1. The van der Waals surface area contributed by atoms with Crippen molar-refractivity contribution in [1.29, 1.82) is 5.26 Å². The first-order valence-corrected chi connectivity index (χ1v) is 8.02. The third-order valence-corrected chi connectivity index (χ3v) is 4.12. The van der Waals surface area contributed by atoms with Crippen LogP contribution in [0.5, 0.6) is 0 Å². The summed E-state index contributed by atoms with van der Waals surface area (Å²) >= 11 is 0. The van der Waals surface area contributed by atoms with Crippen molar-refractivity contribution in [3.8, 4) is 6.07 Å². The van der Waals surface area contributed by atoms with Crippen molar-refractivity contribution >= 4 is 0 Å². The highest BCUT2D eigenvalue weighted by Gasteiger charge is 2.24. The molecule has 20 heavy (non-hydrogen) atoms. The van der Waals surface area contributed by atoms with Crippen molar-refractivity contribution in [3.63, 3.8) is 0 Å². The van der Waals surface area contributed by atoms with E-state index < -0.39 is 0 Å². The van der Waals surface area contributed by atoms with Crippen LogP contribution in [0.4, 0.5) is 0 Å². The van der Waals surface area contributed by atoms with E-state index in [9.17, 15) is 5.26 Å². The van der Waals surface area contributed by atoms with Gasteiger partial charge in [-0.1, -0.05) is 6.92 Å². The van der Waals surface area contributed by atoms with Crippen LogP contribution in [0.3, 0.4) is 0 Å². The third-order valence-electron chi connectivity index (χ3n) is 4.12. The fourth-order valence-electron chi connectivity index (χ4n) is 2.66. The second-order valence-electron chi connectivity index (χ2n) is 6.32. The molecular weight excluding hydrogens is 250 g/mol. The molecule has 0 aliphatic carbocycles. The standard InChI is InChI=1S/C16H31N3O/c1-5-9-18-16(4,13-17)8-6-7-10-19-11-15(3)20-12-14(19)2/h14-15,18H,5-12H2,1-4H3. The summed E-state index contributed by atoms with van der Waals surface area (Å²) in [5.41, 5.74) is -0.361. The number of unbranched alkanes of at least 4 members (excludes halogenated alkanes) is 1. The van der Waals surface area contributed by atoms with Gasteiger partial charge in [0, 0.05) is 12.6 Å². The fourth-order valence-corrected chi connectivity index (χ4v) is 2.66. The highest BCUT2D eigenvalue weighted by atomic mass is 16.5. The van der Waals surface area contributed by atoms with Gasteiger partial charge in [-0.3, -0.25) is 10.2 Å². The molecule has 0 radical (unpaired) electrons.